The maximum Gasteiger partial charge on any atom is 0.256 e. The summed E-state index contributed by atoms with van der Waals surface area (Å²) in [5.74, 6) is -1.84. The minimum Gasteiger partial charge on any atom is -0.399 e. The Morgan fingerprint density at radius 1 is 1.37 bits per heavy atom. The first-order valence-corrected chi connectivity index (χ1v) is 6.12. The van der Waals surface area contributed by atoms with Gasteiger partial charge in [0, 0.05) is 18.8 Å². The lowest BCUT2D eigenvalue weighted by Crippen LogP contribution is -2.44. The van der Waals surface area contributed by atoms with E-state index in [9.17, 15) is 14.0 Å². The van der Waals surface area contributed by atoms with Crippen molar-refractivity contribution in [2.45, 2.75) is 12.8 Å². The summed E-state index contributed by atoms with van der Waals surface area (Å²) in [5.41, 5.74) is 11.1. The second-order valence-corrected chi connectivity index (χ2v) is 4.73. The molecule has 1 unspecified atom stereocenters. The normalized spacial score (nSPS) is 19.2. The number of anilines is 1. The highest BCUT2D eigenvalue weighted by atomic mass is 19.1. The molecule has 2 amide bonds. The molecular weight excluding hydrogens is 249 g/mol. The maximum absolute atomic E-state index is 13.6. The molecule has 1 saturated heterocycles. The summed E-state index contributed by atoms with van der Waals surface area (Å²) in [6, 6.07) is 3.87. The van der Waals surface area contributed by atoms with Crippen LogP contribution < -0.4 is 11.5 Å². The van der Waals surface area contributed by atoms with Crippen molar-refractivity contribution in [1.82, 2.24) is 4.90 Å². The van der Waals surface area contributed by atoms with Gasteiger partial charge in [-0.25, -0.2) is 4.39 Å². The first-order chi connectivity index (χ1) is 8.99. The molecule has 6 heteroatoms. The Labute approximate surface area is 110 Å². The third-order valence-electron chi connectivity index (χ3n) is 3.33. The van der Waals surface area contributed by atoms with Crippen LogP contribution in [0, 0.1) is 11.7 Å². The summed E-state index contributed by atoms with van der Waals surface area (Å²) < 4.78 is 13.6. The molecule has 1 fully saturated rings. The van der Waals surface area contributed by atoms with Gasteiger partial charge in [0.15, 0.2) is 0 Å². The summed E-state index contributed by atoms with van der Waals surface area (Å²) in [5, 5.41) is 0. The second kappa shape index (κ2) is 5.26. The van der Waals surface area contributed by atoms with Crippen LogP contribution in [0.5, 0.6) is 0 Å². The third-order valence-corrected chi connectivity index (χ3v) is 3.33. The first-order valence-electron chi connectivity index (χ1n) is 6.12. The van der Waals surface area contributed by atoms with E-state index in [1.54, 1.807) is 0 Å². The van der Waals surface area contributed by atoms with Gasteiger partial charge in [0.25, 0.3) is 5.91 Å². The summed E-state index contributed by atoms with van der Waals surface area (Å²) >= 11 is 0. The molecule has 19 heavy (non-hydrogen) atoms. The van der Waals surface area contributed by atoms with Crippen LogP contribution in [0.25, 0.3) is 0 Å². The van der Waals surface area contributed by atoms with Gasteiger partial charge in [-0.1, -0.05) is 0 Å². The molecule has 2 rings (SSSR count). The van der Waals surface area contributed by atoms with Crippen LogP contribution in [-0.4, -0.2) is 29.8 Å². The fourth-order valence-corrected chi connectivity index (χ4v) is 2.27. The Morgan fingerprint density at radius 3 is 2.79 bits per heavy atom. The predicted molar refractivity (Wildman–Crippen MR) is 68.6 cm³/mol. The zero-order valence-corrected chi connectivity index (χ0v) is 10.4. The van der Waals surface area contributed by atoms with E-state index in [0.29, 0.717) is 25.1 Å². The van der Waals surface area contributed by atoms with Gasteiger partial charge in [-0.05, 0) is 31.0 Å². The molecule has 4 N–H and O–H groups in total. The monoisotopic (exact) mass is 265 g/mol. The van der Waals surface area contributed by atoms with Crippen molar-refractivity contribution in [2.75, 3.05) is 18.8 Å². The average molecular weight is 265 g/mol. The molecule has 1 atom stereocenters. The summed E-state index contributed by atoms with van der Waals surface area (Å²) in [7, 11) is 0. The van der Waals surface area contributed by atoms with Crippen LogP contribution >= 0.6 is 0 Å². The number of carbonyl (C=O) groups is 2. The zero-order valence-electron chi connectivity index (χ0n) is 10.4. The van der Waals surface area contributed by atoms with E-state index in [-0.39, 0.29) is 18.0 Å². The number of rotatable bonds is 2. The molecule has 1 aliphatic heterocycles. The van der Waals surface area contributed by atoms with Crippen LogP contribution in [0.1, 0.15) is 23.2 Å². The van der Waals surface area contributed by atoms with Gasteiger partial charge in [-0.3, -0.25) is 9.59 Å². The summed E-state index contributed by atoms with van der Waals surface area (Å²) in [6.07, 6.45) is 1.35. The molecule has 102 valence electrons. The van der Waals surface area contributed by atoms with E-state index >= 15 is 0 Å². The lowest BCUT2D eigenvalue weighted by atomic mass is 9.97. The number of carbonyl (C=O) groups excluding carboxylic acids is 2. The van der Waals surface area contributed by atoms with Gasteiger partial charge >= 0.3 is 0 Å². The minimum absolute atomic E-state index is 0.0647. The van der Waals surface area contributed by atoms with Gasteiger partial charge in [0.05, 0.1) is 11.5 Å². The second-order valence-electron chi connectivity index (χ2n) is 4.73. The van der Waals surface area contributed by atoms with E-state index in [4.69, 9.17) is 11.5 Å². The highest BCUT2D eigenvalue weighted by Crippen LogP contribution is 2.20. The molecule has 0 bridgehead atoms. The quantitative estimate of drug-likeness (QED) is 0.773. The number of likely N-dealkylation sites (tertiary alicyclic amines) is 1. The van der Waals surface area contributed by atoms with Crippen molar-refractivity contribution in [3.8, 4) is 0 Å². The number of benzene rings is 1. The Bertz CT molecular complexity index is 519. The molecule has 0 radical (unpaired) electrons. The topological polar surface area (TPSA) is 89.4 Å². The Morgan fingerprint density at radius 2 is 2.11 bits per heavy atom. The van der Waals surface area contributed by atoms with Crippen LogP contribution in [0.15, 0.2) is 18.2 Å². The van der Waals surface area contributed by atoms with Crippen molar-refractivity contribution >= 4 is 17.5 Å². The molecule has 1 heterocycles. The minimum atomic E-state index is -0.611. The fraction of sp³-hybridized carbons (Fsp3) is 0.385. The van der Waals surface area contributed by atoms with Crippen LogP contribution in [0.3, 0.4) is 0 Å². The number of hydrogen-bond donors (Lipinski definition) is 2. The highest BCUT2D eigenvalue weighted by molar-refractivity contribution is 5.95. The van der Waals surface area contributed by atoms with E-state index in [0.717, 1.165) is 6.07 Å². The molecule has 1 aliphatic rings. The average Bonchev–Trinajstić information content (AvgIpc) is 2.41. The molecule has 1 aromatic rings. The van der Waals surface area contributed by atoms with E-state index in [1.165, 1.54) is 17.0 Å². The molecule has 0 saturated carbocycles. The lowest BCUT2D eigenvalue weighted by Gasteiger charge is -2.31. The fourth-order valence-electron chi connectivity index (χ4n) is 2.27. The van der Waals surface area contributed by atoms with E-state index in [1.807, 2.05) is 0 Å². The van der Waals surface area contributed by atoms with Crippen molar-refractivity contribution < 1.29 is 14.0 Å². The molecule has 0 spiro atoms. The number of nitrogen functional groups attached to an aromatic ring is 1. The van der Waals surface area contributed by atoms with Crippen LogP contribution in [-0.2, 0) is 4.79 Å². The van der Waals surface area contributed by atoms with Gasteiger partial charge in [-0.15, -0.1) is 0 Å². The molecular formula is C13H16FN3O2. The SMILES string of the molecule is NC(=O)C1CCCN(C(=O)c2cc(N)ccc2F)C1. The largest absolute Gasteiger partial charge is 0.399 e. The smallest absolute Gasteiger partial charge is 0.256 e. The Hall–Kier alpha value is -2.11. The molecule has 1 aromatic carbocycles. The van der Waals surface area contributed by atoms with E-state index < -0.39 is 17.6 Å². The third kappa shape index (κ3) is 2.83. The Balaban J connectivity index is 2.19. The van der Waals surface area contributed by atoms with E-state index in [2.05, 4.69) is 0 Å². The lowest BCUT2D eigenvalue weighted by molar-refractivity contribution is -0.123. The number of primary amides is 1. The predicted octanol–water partition coefficient (Wildman–Crippen LogP) is 0.745. The van der Waals surface area contributed by atoms with Crippen molar-refractivity contribution in [3.05, 3.63) is 29.6 Å². The number of nitrogens with two attached hydrogens (primary N) is 2. The van der Waals surface area contributed by atoms with Gasteiger partial charge < -0.3 is 16.4 Å². The number of amides is 2. The molecule has 0 aliphatic carbocycles. The van der Waals surface area contributed by atoms with Gasteiger partial charge in [0.2, 0.25) is 5.91 Å². The standard InChI is InChI=1S/C13H16FN3O2/c14-11-4-3-9(15)6-10(11)13(19)17-5-1-2-8(7-17)12(16)18/h3-4,6,8H,1-2,5,7,15H2,(H2,16,18). The highest BCUT2D eigenvalue weighted by Gasteiger charge is 2.28. The molecule has 5 nitrogen and oxygen atoms in total. The van der Waals surface area contributed by atoms with Gasteiger partial charge in [-0.2, -0.15) is 0 Å². The maximum atomic E-state index is 13.6. The van der Waals surface area contributed by atoms with Crippen molar-refractivity contribution in [1.29, 1.82) is 0 Å². The number of halogens is 1. The number of hydrogen-bond acceptors (Lipinski definition) is 3. The van der Waals surface area contributed by atoms with Crippen molar-refractivity contribution in [2.24, 2.45) is 11.7 Å². The first kappa shape index (κ1) is 13.3. The molecule has 0 aromatic heterocycles. The van der Waals surface area contributed by atoms with Crippen molar-refractivity contribution in [3.63, 3.8) is 0 Å². The van der Waals surface area contributed by atoms with Gasteiger partial charge in [0.1, 0.15) is 5.82 Å². The number of piperidine rings is 1. The zero-order chi connectivity index (χ0) is 14.0. The summed E-state index contributed by atoms with van der Waals surface area (Å²) in [6.45, 7) is 0.735. The Kier molecular flexibility index (Phi) is 3.69. The van der Waals surface area contributed by atoms with Crippen LogP contribution in [0.4, 0.5) is 10.1 Å². The van der Waals surface area contributed by atoms with Crippen LogP contribution in [0.2, 0.25) is 0 Å². The number of nitrogens with zero attached hydrogens (tertiary/aromatic N) is 1. The summed E-state index contributed by atoms with van der Waals surface area (Å²) in [4.78, 5) is 24.8.